The van der Waals surface area contributed by atoms with Gasteiger partial charge in [0, 0.05) is 24.7 Å². The minimum Gasteiger partial charge on any atom is -0.468 e. The standard InChI is InChI=1S/C16H25N3OS/c1-2-17-16(21)18-12-9-13-5-3-6-14(10-12)19(13)11-15-7-4-8-20-15/h4,7-8,12-14H,2-3,5-6,9-11H2,1H3,(H2,17,18,21)/t13-,14-/m1/s1. The second-order valence-electron chi connectivity index (χ2n) is 6.16. The van der Waals surface area contributed by atoms with Crippen LogP contribution in [-0.4, -0.2) is 34.7 Å². The molecular formula is C16H25N3OS. The van der Waals surface area contributed by atoms with E-state index in [1.165, 1.54) is 32.1 Å². The van der Waals surface area contributed by atoms with E-state index < -0.39 is 0 Å². The maximum absolute atomic E-state index is 5.54. The molecule has 0 saturated carbocycles. The van der Waals surface area contributed by atoms with E-state index in [0.717, 1.165) is 24.0 Å². The Bertz CT molecular complexity index is 448. The van der Waals surface area contributed by atoms with Crippen molar-refractivity contribution in [2.45, 2.75) is 63.7 Å². The molecular weight excluding hydrogens is 282 g/mol. The van der Waals surface area contributed by atoms with Gasteiger partial charge in [0.25, 0.3) is 0 Å². The van der Waals surface area contributed by atoms with Crippen molar-refractivity contribution < 1.29 is 4.42 Å². The molecule has 2 atom stereocenters. The second kappa shape index (κ2) is 6.79. The van der Waals surface area contributed by atoms with Crippen molar-refractivity contribution in [1.82, 2.24) is 15.5 Å². The highest BCUT2D eigenvalue weighted by Gasteiger charge is 2.38. The van der Waals surface area contributed by atoms with Gasteiger partial charge in [-0.1, -0.05) is 6.42 Å². The first kappa shape index (κ1) is 14.9. The van der Waals surface area contributed by atoms with Crippen LogP contribution in [0.2, 0.25) is 0 Å². The van der Waals surface area contributed by atoms with Gasteiger partial charge in [0.2, 0.25) is 0 Å². The Hall–Kier alpha value is -1.07. The number of rotatable bonds is 4. The molecule has 2 bridgehead atoms. The third-order valence-electron chi connectivity index (χ3n) is 4.72. The smallest absolute Gasteiger partial charge is 0.166 e. The van der Waals surface area contributed by atoms with Gasteiger partial charge in [-0.05, 0) is 57.0 Å². The van der Waals surface area contributed by atoms with Gasteiger partial charge in [0.15, 0.2) is 5.11 Å². The molecule has 2 fully saturated rings. The van der Waals surface area contributed by atoms with Crippen LogP contribution in [0.3, 0.4) is 0 Å². The molecule has 21 heavy (non-hydrogen) atoms. The Balaban J connectivity index is 1.61. The zero-order valence-corrected chi connectivity index (χ0v) is 13.5. The summed E-state index contributed by atoms with van der Waals surface area (Å²) in [4.78, 5) is 2.65. The predicted molar refractivity (Wildman–Crippen MR) is 88.1 cm³/mol. The number of thiocarbonyl (C=S) groups is 1. The second-order valence-corrected chi connectivity index (χ2v) is 6.57. The molecule has 2 aliphatic rings. The number of nitrogens with zero attached hydrogens (tertiary/aromatic N) is 1. The molecule has 0 aliphatic carbocycles. The summed E-state index contributed by atoms with van der Waals surface area (Å²) in [5.74, 6) is 1.08. The molecule has 0 aromatic carbocycles. The number of hydrogen-bond acceptors (Lipinski definition) is 3. The maximum atomic E-state index is 5.54. The van der Waals surface area contributed by atoms with Crippen LogP contribution in [0.15, 0.2) is 22.8 Å². The van der Waals surface area contributed by atoms with Crippen molar-refractivity contribution in [3.05, 3.63) is 24.2 Å². The van der Waals surface area contributed by atoms with E-state index in [0.29, 0.717) is 18.1 Å². The number of nitrogens with one attached hydrogen (secondary N) is 2. The minimum atomic E-state index is 0.514. The van der Waals surface area contributed by atoms with Crippen LogP contribution in [0.25, 0.3) is 0 Å². The quantitative estimate of drug-likeness (QED) is 0.837. The molecule has 3 heterocycles. The van der Waals surface area contributed by atoms with Gasteiger partial charge in [0.1, 0.15) is 5.76 Å². The van der Waals surface area contributed by atoms with Crippen LogP contribution in [-0.2, 0) is 6.54 Å². The lowest BCUT2D eigenvalue weighted by atomic mass is 9.81. The van der Waals surface area contributed by atoms with Crippen LogP contribution >= 0.6 is 12.2 Å². The third-order valence-corrected chi connectivity index (χ3v) is 4.98. The minimum absolute atomic E-state index is 0.514. The van der Waals surface area contributed by atoms with Gasteiger partial charge < -0.3 is 15.1 Å². The maximum Gasteiger partial charge on any atom is 0.166 e. The van der Waals surface area contributed by atoms with Crippen molar-refractivity contribution in [2.24, 2.45) is 0 Å². The zero-order chi connectivity index (χ0) is 14.7. The molecule has 5 heteroatoms. The molecule has 2 aliphatic heterocycles. The molecule has 2 saturated heterocycles. The molecule has 2 N–H and O–H groups in total. The normalized spacial score (nSPS) is 29.1. The fraction of sp³-hybridized carbons (Fsp3) is 0.688. The molecule has 1 aromatic heterocycles. The van der Waals surface area contributed by atoms with E-state index in [4.69, 9.17) is 16.6 Å². The molecule has 3 rings (SSSR count). The van der Waals surface area contributed by atoms with Gasteiger partial charge in [-0.3, -0.25) is 4.90 Å². The number of hydrogen-bond donors (Lipinski definition) is 2. The predicted octanol–water partition coefficient (Wildman–Crippen LogP) is 2.65. The van der Waals surface area contributed by atoms with Crippen LogP contribution in [0.4, 0.5) is 0 Å². The van der Waals surface area contributed by atoms with E-state index in [9.17, 15) is 0 Å². The summed E-state index contributed by atoms with van der Waals surface area (Å²) in [6, 6.07) is 5.89. The summed E-state index contributed by atoms with van der Waals surface area (Å²) < 4.78 is 5.54. The molecule has 0 spiro atoms. The lowest BCUT2D eigenvalue weighted by molar-refractivity contribution is 0.0160. The SMILES string of the molecule is CCNC(=S)NC1C[C@H]2CCC[C@H](C1)N2Cc1ccco1. The Morgan fingerprint density at radius 1 is 1.38 bits per heavy atom. The Kier molecular flexibility index (Phi) is 4.80. The lowest BCUT2D eigenvalue weighted by Crippen LogP contribution is -2.57. The van der Waals surface area contributed by atoms with E-state index in [2.05, 4.69) is 28.5 Å². The monoisotopic (exact) mass is 307 g/mol. The Morgan fingerprint density at radius 3 is 2.76 bits per heavy atom. The van der Waals surface area contributed by atoms with Crippen molar-refractivity contribution in [3.63, 3.8) is 0 Å². The average Bonchev–Trinajstić information content (AvgIpc) is 2.93. The Morgan fingerprint density at radius 2 is 2.14 bits per heavy atom. The van der Waals surface area contributed by atoms with Gasteiger partial charge in [0.05, 0.1) is 12.8 Å². The van der Waals surface area contributed by atoms with E-state index >= 15 is 0 Å². The fourth-order valence-electron chi connectivity index (χ4n) is 3.83. The largest absolute Gasteiger partial charge is 0.468 e. The van der Waals surface area contributed by atoms with Crippen LogP contribution in [0.1, 0.15) is 44.8 Å². The molecule has 0 radical (unpaired) electrons. The molecule has 116 valence electrons. The van der Waals surface area contributed by atoms with Crippen molar-refractivity contribution in [1.29, 1.82) is 0 Å². The number of furan rings is 1. The lowest BCUT2D eigenvalue weighted by Gasteiger charge is -2.48. The first-order valence-electron chi connectivity index (χ1n) is 8.08. The Labute approximate surface area is 132 Å². The van der Waals surface area contributed by atoms with Crippen LogP contribution < -0.4 is 10.6 Å². The highest BCUT2D eigenvalue weighted by Crippen LogP contribution is 2.35. The van der Waals surface area contributed by atoms with Crippen LogP contribution in [0.5, 0.6) is 0 Å². The summed E-state index contributed by atoms with van der Waals surface area (Å²) in [5.41, 5.74) is 0. The summed E-state index contributed by atoms with van der Waals surface area (Å²) in [7, 11) is 0. The summed E-state index contributed by atoms with van der Waals surface area (Å²) in [6.07, 6.45) is 8.08. The molecule has 4 nitrogen and oxygen atoms in total. The van der Waals surface area contributed by atoms with Crippen LogP contribution in [0, 0.1) is 0 Å². The highest BCUT2D eigenvalue weighted by molar-refractivity contribution is 7.80. The molecule has 0 amide bonds. The summed E-state index contributed by atoms with van der Waals surface area (Å²) in [5, 5.41) is 7.50. The number of fused-ring (bicyclic) bond motifs is 2. The van der Waals surface area contributed by atoms with E-state index in [-0.39, 0.29) is 0 Å². The topological polar surface area (TPSA) is 40.4 Å². The third kappa shape index (κ3) is 3.58. The first-order chi connectivity index (χ1) is 10.3. The van der Waals surface area contributed by atoms with E-state index in [1.807, 2.05) is 6.07 Å². The zero-order valence-electron chi connectivity index (χ0n) is 12.7. The molecule has 1 aromatic rings. The highest BCUT2D eigenvalue weighted by atomic mass is 32.1. The van der Waals surface area contributed by atoms with Crippen molar-refractivity contribution in [3.8, 4) is 0 Å². The van der Waals surface area contributed by atoms with Gasteiger partial charge in [-0.2, -0.15) is 0 Å². The first-order valence-corrected chi connectivity index (χ1v) is 8.49. The van der Waals surface area contributed by atoms with Gasteiger partial charge in [-0.15, -0.1) is 0 Å². The number of piperidine rings is 2. The van der Waals surface area contributed by atoms with Crippen molar-refractivity contribution in [2.75, 3.05) is 6.54 Å². The van der Waals surface area contributed by atoms with E-state index in [1.54, 1.807) is 6.26 Å². The van der Waals surface area contributed by atoms with Gasteiger partial charge >= 0.3 is 0 Å². The average molecular weight is 307 g/mol. The fourth-order valence-corrected chi connectivity index (χ4v) is 4.14. The van der Waals surface area contributed by atoms with Crippen molar-refractivity contribution >= 4 is 17.3 Å². The molecule has 0 unspecified atom stereocenters. The summed E-state index contributed by atoms with van der Waals surface area (Å²) in [6.45, 7) is 3.91. The van der Waals surface area contributed by atoms with Gasteiger partial charge in [-0.25, -0.2) is 0 Å². The summed E-state index contributed by atoms with van der Waals surface area (Å²) >= 11 is 5.34.